The number of aromatic nitrogens is 2. The summed E-state index contributed by atoms with van der Waals surface area (Å²) in [7, 11) is 3.47. The molecule has 2 N–H and O–H groups in total. The highest BCUT2D eigenvalue weighted by Gasteiger charge is 2.30. The number of benzene rings is 1. The summed E-state index contributed by atoms with van der Waals surface area (Å²) in [6.07, 6.45) is -2.34. The van der Waals surface area contributed by atoms with Gasteiger partial charge in [0.2, 0.25) is 0 Å². The minimum absolute atomic E-state index is 0.276. The molecule has 0 saturated carbocycles. The molecular formula is C21H25F3N6S. The average molecular weight is 451 g/mol. The van der Waals surface area contributed by atoms with Crippen molar-refractivity contribution in [1.29, 1.82) is 5.26 Å². The highest BCUT2D eigenvalue weighted by atomic mass is 32.1. The Labute approximate surface area is 184 Å². The summed E-state index contributed by atoms with van der Waals surface area (Å²) < 4.78 is 42.0. The first-order valence-electron chi connectivity index (χ1n) is 9.96. The molecule has 0 spiro atoms. The summed E-state index contributed by atoms with van der Waals surface area (Å²) in [4.78, 5) is 6.90. The second kappa shape index (κ2) is 9.24. The van der Waals surface area contributed by atoms with Gasteiger partial charge in [-0.1, -0.05) is 12.1 Å². The molecule has 6 nitrogen and oxygen atoms in total. The van der Waals surface area contributed by atoms with Crippen LogP contribution in [0.15, 0.2) is 29.3 Å². The van der Waals surface area contributed by atoms with Gasteiger partial charge in [-0.2, -0.15) is 18.4 Å². The van der Waals surface area contributed by atoms with E-state index in [4.69, 9.17) is 18.0 Å². The molecule has 0 amide bonds. The number of nitrogens with two attached hydrogens (primary N) is 1. The maximum absolute atomic E-state index is 12.8. The lowest BCUT2D eigenvalue weighted by Gasteiger charge is -2.32. The van der Waals surface area contributed by atoms with E-state index >= 15 is 0 Å². The van der Waals surface area contributed by atoms with Crippen molar-refractivity contribution in [3.8, 4) is 6.07 Å². The van der Waals surface area contributed by atoms with Crippen LogP contribution in [-0.4, -0.2) is 33.7 Å². The van der Waals surface area contributed by atoms with E-state index in [1.165, 1.54) is 12.1 Å². The quantitative estimate of drug-likeness (QED) is 0.725. The fourth-order valence-electron chi connectivity index (χ4n) is 3.88. The number of halogens is 3. The number of anilines is 1. The average Bonchev–Trinajstić information content (AvgIpc) is 2.74. The van der Waals surface area contributed by atoms with Gasteiger partial charge < -0.3 is 14.9 Å². The lowest BCUT2D eigenvalue weighted by molar-refractivity contribution is -0.137. The molecule has 0 radical (unpaired) electrons. The van der Waals surface area contributed by atoms with Gasteiger partial charge >= 0.3 is 6.18 Å². The van der Waals surface area contributed by atoms with Gasteiger partial charge in [0.25, 0.3) is 0 Å². The summed E-state index contributed by atoms with van der Waals surface area (Å²) >= 11 is 5.37. The Morgan fingerprint density at radius 3 is 2.52 bits per heavy atom. The summed E-state index contributed by atoms with van der Waals surface area (Å²) in [5, 5.41) is 9.52. The molecule has 1 aromatic heterocycles. The van der Waals surface area contributed by atoms with Crippen LogP contribution in [0, 0.1) is 22.0 Å². The van der Waals surface area contributed by atoms with E-state index in [2.05, 4.69) is 16.0 Å². The van der Waals surface area contributed by atoms with Crippen molar-refractivity contribution < 1.29 is 13.2 Å². The lowest BCUT2D eigenvalue weighted by Crippen LogP contribution is -2.37. The van der Waals surface area contributed by atoms with Crippen LogP contribution >= 0.6 is 12.2 Å². The molecule has 1 unspecified atom stereocenters. The van der Waals surface area contributed by atoms with E-state index in [1.54, 1.807) is 23.2 Å². The maximum Gasteiger partial charge on any atom is 0.416 e. The Morgan fingerprint density at radius 1 is 1.23 bits per heavy atom. The first kappa shape index (κ1) is 23.0. The Morgan fingerprint density at radius 2 is 1.90 bits per heavy atom. The van der Waals surface area contributed by atoms with Gasteiger partial charge in [-0.15, -0.1) is 0 Å². The van der Waals surface area contributed by atoms with E-state index in [0.29, 0.717) is 28.9 Å². The molecule has 1 fully saturated rings. The van der Waals surface area contributed by atoms with Gasteiger partial charge in [0.05, 0.1) is 5.56 Å². The van der Waals surface area contributed by atoms with Gasteiger partial charge in [-0.25, -0.2) is 0 Å². The zero-order chi connectivity index (χ0) is 22.8. The van der Waals surface area contributed by atoms with Gasteiger partial charge in [0.1, 0.15) is 17.5 Å². The Bertz CT molecular complexity index is 1110. The molecule has 10 heteroatoms. The summed E-state index contributed by atoms with van der Waals surface area (Å²) in [5.41, 5.74) is 7.03. The zero-order valence-electron chi connectivity index (χ0n) is 17.5. The SMILES string of the molecule is Cn1c(N)c(C#N)c(=NCC2CCCN(Cc3ccc(C(F)(F)F)cc3)C2)n(C)c1=S. The molecule has 2 heterocycles. The van der Waals surface area contributed by atoms with Gasteiger partial charge in [-0.3, -0.25) is 9.89 Å². The number of alkyl halides is 3. The fourth-order valence-corrected chi connectivity index (χ4v) is 4.06. The number of nitriles is 1. The van der Waals surface area contributed by atoms with Crippen molar-refractivity contribution in [2.75, 3.05) is 25.4 Å². The molecule has 2 aromatic rings. The molecule has 0 bridgehead atoms. The Kier molecular flexibility index (Phi) is 6.86. The molecule has 0 aliphatic carbocycles. The van der Waals surface area contributed by atoms with Crippen molar-refractivity contribution in [3.05, 3.63) is 51.2 Å². The second-order valence-electron chi connectivity index (χ2n) is 7.87. The topological polar surface area (TPSA) is 75.3 Å². The molecule has 3 rings (SSSR count). The van der Waals surface area contributed by atoms with Gasteiger partial charge in [0.15, 0.2) is 10.3 Å². The molecule has 166 valence electrons. The van der Waals surface area contributed by atoms with Crippen LogP contribution in [0.1, 0.15) is 29.5 Å². The molecule has 1 aliphatic heterocycles. The number of piperidine rings is 1. The van der Waals surface area contributed by atoms with Crippen LogP contribution in [0.25, 0.3) is 0 Å². The molecule has 1 atom stereocenters. The first-order valence-corrected chi connectivity index (χ1v) is 10.4. The van der Waals surface area contributed by atoms with Crippen LogP contribution in [0.3, 0.4) is 0 Å². The standard InChI is InChI=1S/C21H25F3N6S/c1-28-18(26)17(10-25)19(29(2)20(28)31)27-11-15-4-3-9-30(13-15)12-14-5-7-16(8-6-14)21(22,23)24/h5-8,15H,3-4,9,11-13,26H2,1-2H3. The summed E-state index contributed by atoms with van der Waals surface area (Å²) in [6.45, 7) is 2.79. The monoisotopic (exact) mass is 450 g/mol. The van der Waals surface area contributed by atoms with Crippen molar-refractivity contribution in [2.45, 2.75) is 25.6 Å². The van der Waals surface area contributed by atoms with E-state index < -0.39 is 11.7 Å². The summed E-state index contributed by atoms with van der Waals surface area (Å²) in [5.74, 6) is 0.565. The third kappa shape index (κ3) is 5.17. The highest BCUT2D eigenvalue weighted by Crippen LogP contribution is 2.29. The minimum Gasteiger partial charge on any atom is -0.384 e. The van der Waals surface area contributed by atoms with Crippen molar-refractivity contribution in [2.24, 2.45) is 25.0 Å². The van der Waals surface area contributed by atoms with Crippen LogP contribution in [0.5, 0.6) is 0 Å². The predicted molar refractivity (Wildman–Crippen MR) is 114 cm³/mol. The highest BCUT2D eigenvalue weighted by molar-refractivity contribution is 7.71. The van der Waals surface area contributed by atoms with Crippen LogP contribution in [-0.2, 0) is 26.8 Å². The summed E-state index contributed by atoms with van der Waals surface area (Å²) in [6, 6.07) is 7.44. The van der Waals surface area contributed by atoms with Gasteiger partial charge in [-0.05, 0) is 55.2 Å². The third-order valence-corrected chi connectivity index (χ3v) is 6.18. The molecular weight excluding hydrogens is 425 g/mol. The van der Waals surface area contributed by atoms with Crippen LogP contribution in [0.2, 0.25) is 0 Å². The van der Waals surface area contributed by atoms with Crippen molar-refractivity contribution >= 4 is 18.0 Å². The number of hydrogen-bond donors (Lipinski definition) is 1. The number of rotatable bonds is 4. The lowest BCUT2D eigenvalue weighted by atomic mass is 9.97. The second-order valence-corrected chi connectivity index (χ2v) is 8.24. The third-order valence-electron chi connectivity index (χ3n) is 5.63. The van der Waals surface area contributed by atoms with Crippen molar-refractivity contribution in [3.63, 3.8) is 0 Å². The smallest absolute Gasteiger partial charge is 0.384 e. The first-order chi connectivity index (χ1) is 14.6. The number of nitrogen functional groups attached to an aromatic ring is 1. The van der Waals surface area contributed by atoms with E-state index in [9.17, 15) is 18.4 Å². The van der Waals surface area contributed by atoms with E-state index in [0.717, 1.165) is 43.6 Å². The normalized spacial score (nSPS) is 18.2. The molecule has 1 aliphatic rings. The van der Waals surface area contributed by atoms with Crippen molar-refractivity contribution in [1.82, 2.24) is 14.0 Å². The van der Waals surface area contributed by atoms with E-state index in [1.807, 2.05) is 0 Å². The maximum atomic E-state index is 12.8. The largest absolute Gasteiger partial charge is 0.416 e. The fraction of sp³-hybridized carbons (Fsp3) is 0.476. The number of nitrogens with zero attached hydrogens (tertiary/aromatic N) is 5. The molecule has 31 heavy (non-hydrogen) atoms. The molecule has 1 saturated heterocycles. The zero-order valence-corrected chi connectivity index (χ0v) is 18.3. The van der Waals surface area contributed by atoms with E-state index in [-0.39, 0.29) is 11.7 Å². The van der Waals surface area contributed by atoms with Gasteiger partial charge in [0, 0.05) is 33.7 Å². The predicted octanol–water partition coefficient (Wildman–Crippen LogP) is 3.38. The molecule has 1 aromatic carbocycles. The Balaban J connectivity index is 1.73. The Hall–Kier alpha value is -2.64. The minimum atomic E-state index is -4.32. The number of hydrogen-bond acceptors (Lipinski definition) is 5. The van der Waals surface area contributed by atoms with Crippen LogP contribution < -0.4 is 11.2 Å². The number of likely N-dealkylation sites (tertiary alicyclic amines) is 1. The van der Waals surface area contributed by atoms with Crippen LogP contribution in [0.4, 0.5) is 19.0 Å².